The SMILES string of the molecule is CCN(CCCNC(=O)N(C)Cc1ccncc1)c1ccccc1. The van der Waals surface area contributed by atoms with Gasteiger partial charge in [0.2, 0.25) is 0 Å². The first kappa shape index (κ1) is 17.8. The van der Waals surface area contributed by atoms with Gasteiger partial charge >= 0.3 is 6.03 Å². The van der Waals surface area contributed by atoms with Crippen LogP contribution >= 0.6 is 0 Å². The molecule has 1 aromatic carbocycles. The molecule has 2 aromatic rings. The van der Waals surface area contributed by atoms with Crippen molar-refractivity contribution in [2.75, 3.05) is 31.6 Å². The number of rotatable bonds is 8. The largest absolute Gasteiger partial charge is 0.372 e. The first-order valence-electron chi connectivity index (χ1n) is 8.38. The molecule has 5 heteroatoms. The number of hydrogen-bond acceptors (Lipinski definition) is 3. The molecule has 0 atom stereocenters. The van der Waals surface area contributed by atoms with Crippen molar-refractivity contribution in [3.63, 3.8) is 0 Å². The highest BCUT2D eigenvalue weighted by atomic mass is 16.2. The monoisotopic (exact) mass is 326 g/mol. The number of nitrogens with zero attached hydrogens (tertiary/aromatic N) is 3. The van der Waals surface area contributed by atoms with Crippen molar-refractivity contribution in [2.45, 2.75) is 19.9 Å². The van der Waals surface area contributed by atoms with Gasteiger partial charge in [-0.05, 0) is 43.2 Å². The zero-order chi connectivity index (χ0) is 17.2. The van der Waals surface area contributed by atoms with E-state index in [-0.39, 0.29) is 6.03 Å². The molecule has 0 aliphatic rings. The summed E-state index contributed by atoms with van der Waals surface area (Å²) in [5.41, 5.74) is 2.30. The second kappa shape index (κ2) is 9.55. The third-order valence-corrected chi connectivity index (χ3v) is 3.90. The van der Waals surface area contributed by atoms with Crippen LogP contribution in [0.5, 0.6) is 0 Å². The second-order valence-electron chi connectivity index (χ2n) is 5.71. The lowest BCUT2D eigenvalue weighted by molar-refractivity contribution is 0.207. The van der Waals surface area contributed by atoms with E-state index in [1.807, 2.05) is 30.3 Å². The topological polar surface area (TPSA) is 48.5 Å². The number of carbonyl (C=O) groups is 1. The smallest absolute Gasteiger partial charge is 0.317 e. The van der Waals surface area contributed by atoms with Crippen molar-refractivity contribution in [1.29, 1.82) is 0 Å². The Morgan fingerprint density at radius 1 is 1.12 bits per heavy atom. The molecule has 1 aromatic heterocycles. The summed E-state index contributed by atoms with van der Waals surface area (Å²) in [7, 11) is 1.80. The summed E-state index contributed by atoms with van der Waals surface area (Å²) in [4.78, 5) is 20.1. The fraction of sp³-hybridized carbons (Fsp3) is 0.368. The standard InChI is InChI=1S/C19H26N4O/c1-3-23(18-8-5-4-6-9-18)15-7-12-21-19(24)22(2)16-17-10-13-20-14-11-17/h4-6,8-11,13-14H,3,7,12,15-16H2,1-2H3,(H,21,24). The summed E-state index contributed by atoms with van der Waals surface area (Å²) in [5.74, 6) is 0. The van der Waals surface area contributed by atoms with Gasteiger partial charge < -0.3 is 15.1 Å². The molecule has 2 rings (SSSR count). The molecule has 0 aliphatic carbocycles. The van der Waals surface area contributed by atoms with Crippen LogP contribution in [0, 0.1) is 0 Å². The zero-order valence-electron chi connectivity index (χ0n) is 14.5. The van der Waals surface area contributed by atoms with Gasteiger partial charge in [0.25, 0.3) is 0 Å². The van der Waals surface area contributed by atoms with Gasteiger partial charge in [0, 0.05) is 51.3 Å². The third kappa shape index (κ3) is 5.57. The number of para-hydroxylation sites is 1. The number of hydrogen-bond donors (Lipinski definition) is 1. The van der Waals surface area contributed by atoms with Crippen LogP contribution in [0.25, 0.3) is 0 Å². The second-order valence-corrected chi connectivity index (χ2v) is 5.71. The fourth-order valence-corrected chi connectivity index (χ4v) is 2.54. The molecule has 0 fully saturated rings. The normalized spacial score (nSPS) is 10.2. The van der Waals surface area contributed by atoms with Crippen molar-refractivity contribution in [1.82, 2.24) is 15.2 Å². The zero-order valence-corrected chi connectivity index (χ0v) is 14.5. The third-order valence-electron chi connectivity index (χ3n) is 3.90. The summed E-state index contributed by atoms with van der Waals surface area (Å²) >= 11 is 0. The molecule has 2 amide bonds. The van der Waals surface area contributed by atoms with Crippen LogP contribution < -0.4 is 10.2 Å². The van der Waals surface area contributed by atoms with Gasteiger partial charge in [0.05, 0.1) is 0 Å². The van der Waals surface area contributed by atoms with Gasteiger partial charge in [-0.25, -0.2) is 4.79 Å². The summed E-state index contributed by atoms with van der Waals surface area (Å²) < 4.78 is 0. The quantitative estimate of drug-likeness (QED) is 0.758. The van der Waals surface area contributed by atoms with Crippen molar-refractivity contribution in [3.05, 3.63) is 60.4 Å². The molecule has 1 N–H and O–H groups in total. The summed E-state index contributed by atoms with van der Waals surface area (Å²) in [6, 6.07) is 14.1. The van der Waals surface area contributed by atoms with Gasteiger partial charge in [-0.1, -0.05) is 18.2 Å². The maximum absolute atomic E-state index is 12.1. The Kier molecular flexibility index (Phi) is 7.08. The van der Waals surface area contributed by atoms with Crippen molar-refractivity contribution in [2.24, 2.45) is 0 Å². The van der Waals surface area contributed by atoms with Crippen LogP contribution in [0.15, 0.2) is 54.9 Å². The molecule has 0 saturated heterocycles. The van der Waals surface area contributed by atoms with Crippen LogP contribution in [-0.4, -0.2) is 42.6 Å². The average Bonchev–Trinajstić information content (AvgIpc) is 2.63. The molecule has 24 heavy (non-hydrogen) atoms. The van der Waals surface area contributed by atoms with Crippen LogP contribution in [0.1, 0.15) is 18.9 Å². The molecule has 0 spiro atoms. The molecule has 128 valence electrons. The minimum atomic E-state index is -0.0467. The molecule has 1 heterocycles. The molecule has 0 aliphatic heterocycles. The van der Waals surface area contributed by atoms with Crippen LogP contribution in [0.3, 0.4) is 0 Å². The molecular formula is C19H26N4O. The van der Waals surface area contributed by atoms with E-state index in [0.29, 0.717) is 13.1 Å². The maximum Gasteiger partial charge on any atom is 0.317 e. The van der Waals surface area contributed by atoms with Crippen LogP contribution in [0.4, 0.5) is 10.5 Å². The van der Waals surface area contributed by atoms with E-state index in [2.05, 4.69) is 34.3 Å². The summed E-state index contributed by atoms with van der Waals surface area (Å²) in [6.07, 6.45) is 4.39. The van der Waals surface area contributed by atoms with Crippen LogP contribution in [0.2, 0.25) is 0 Å². The fourth-order valence-electron chi connectivity index (χ4n) is 2.54. The first-order valence-corrected chi connectivity index (χ1v) is 8.38. The summed E-state index contributed by atoms with van der Waals surface area (Å²) in [5, 5.41) is 2.98. The Morgan fingerprint density at radius 3 is 2.50 bits per heavy atom. The van der Waals surface area contributed by atoms with E-state index in [9.17, 15) is 4.79 Å². The number of benzene rings is 1. The average molecular weight is 326 g/mol. The molecule has 0 saturated carbocycles. The van der Waals surface area contributed by atoms with Crippen molar-refractivity contribution < 1.29 is 4.79 Å². The van der Waals surface area contributed by atoms with E-state index < -0.39 is 0 Å². The number of amides is 2. The lowest BCUT2D eigenvalue weighted by Gasteiger charge is -2.23. The number of pyridine rings is 1. The van der Waals surface area contributed by atoms with E-state index in [4.69, 9.17) is 0 Å². The van der Waals surface area contributed by atoms with Gasteiger partial charge in [0.1, 0.15) is 0 Å². The van der Waals surface area contributed by atoms with Crippen molar-refractivity contribution >= 4 is 11.7 Å². The molecule has 0 radical (unpaired) electrons. The summed E-state index contributed by atoms with van der Waals surface area (Å²) in [6.45, 7) is 5.28. The highest BCUT2D eigenvalue weighted by Crippen LogP contribution is 2.12. The Hall–Kier alpha value is -2.56. The minimum Gasteiger partial charge on any atom is -0.372 e. The predicted octanol–water partition coefficient (Wildman–Crippen LogP) is 3.14. The number of nitrogens with one attached hydrogen (secondary N) is 1. The Morgan fingerprint density at radius 2 is 1.83 bits per heavy atom. The van der Waals surface area contributed by atoms with Crippen molar-refractivity contribution in [3.8, 4) is 0 Å². The first-order chi connectivity index (χ1) is 11.7. The van der Waals surface area contributed by atoms with E-state index in [1.165, 1.54) is 5.69 Å². The highest BCUT2D eigenvalue weighted by molar-refractivity contribution is 5.73. The van der Waals surface area contributed by atoms with Gasteiger partial charge in [-0.2, -0.15) is 0 Å². The number of anilines is 1. The lowest BCUT2D eigenvalue weighted by Crippen LogP contribution is -2.38. The Balaban J connectivity index is 1.70. The molecule has 0 bridgehead atoms. The maximum atomic E-state index is 12.1. The van der Waals surface area contributed by atoms with E-state index in [1.54, 1.807) is 24.3 Å². The van der Waals surface area contributed by atoms with Gasteiger partial charge in [0.15, 0.2) is 0 Å². The Bertz CT molecular complexity index is 603. The Labute approximate surface area is 144 Å². The van der Waals surface area contributed by atoms with E-state index >= 15 is 0 Å². The minimum absolute atomic E-state index is 0.0467. The lowest BCUT2D eigenvalue weighted by atomic mass is 10.2. The number of urea groups is 1. The van der Waals surface area contributed by atoms with Gasteiger partial charge in [-0.15, -0.1) is 0 Å². The predicted molar refractivity (Wildman–Crippen MR) is 98.0 cm³/mol. The van der Waals surface area contributed by atoms with Gasteiger partial charge in [-0.3, -0.25) is 4.98 Å². The van der Waals surface area contributed by atoms with Crippen LogP contribution in [-0.2, 0) is 6.54 Å². The molecule has 5 nitrogen and oxygen atoms in total. The molecule has 0 unspecified atom stereocenters. The number of aromatic nitrogens is 1. The van der Waals surface area contributed by atoms with E-state index in [0.717, 1.165) is 25.1 Å². The molecular weight excluding hydrogens is 300 g/mol. The number of carbonyl (C=O) groups excluding carboxylic acids is 1. The highest BCUT2D eigenvalue weighted by Gasteiger charge is 2.09.